The number of amides is 1. The number of non-ortho nitro benzene ring substituents is 1. The number of thioether (sulfide) groups is 1. The Balaban J connectivity index is 1.89. The average molecular weight is 403 g/mol. The summed E-state index contributed by atoms with van der Waals surface area (Å²) in [5, 5.41) is 22.7. The summed E-state index contributed by atoms with van der Waals surface area (Å²) in [7, 11) is 0. The highest BCUT2D eigenvalue weighted by Gasteiger charge is 2.21. The highest BCUT2D eigenvalue weighted by atomic mass is 32.2. The van der Waals surface area contributed by atoms with Gasteiger partial charge in [-0.3, -0.25) is 14.9 Å². The first-order valence-corrected chi connectivity index (χ1v) is 9.55. The van der Waals surface area contributed by atoms with E-state index in [1.165, 1.54) is 11.3 Å². The molecule has 0 aliphatic rings. The van der Waals surface area contributed by atoms with Crippen LogP contribution in [0.1, 0.15) is 27.6 Å². The Morgan fingerprint density at radius 2 is 2.04 bits per heavy atom. The zero-order valence-corrected chi connectivity index (χ0v) is 15.6. The smallest absolute Gasteiger partial charge is 0.336 e. The summed E-state index contributed by atoms with van der Waals surface area (Å²) in [6.07, 6.45) is 0. The number of carboxylic acids is 1. The zero-order chi connectivity index (χ0) is 19.6. The molecule has 0 saturated heterocycles. The van der Waals surface area contributed by atoms with Gasteiger partial charge >= 0.3 is 5.97 Å². The van der Waals surface area contributed by atoms with Gasteiger partial charge in [-0.2, -0.15) is 0 Å². The highest BCUT2D eigenvalue weighted by molar-refractivity contribution is 8.01. The van der Waals surface area contributed by atoms with Gasteiger partial charge in [-0.25, -0.2) is 9.78 Å². The van der Waals surface area contributed by atoms with E-state index in [1.807, 2.05) is 6.92 Å². The first kappa shape index (κ1) is 18.8. The van der Waals surface area contributed by atoms with Crippen LogP contribution >= 0.6 is 23.1 Å². The van der Waals surface area contributed by atoms with Gasteiger partial charge < -0.3 is 10.4 Å². The molecule has 0 saturated carbocycles. The van der Waals surface area contributed by atoms with Crippen molar-refractivity contribution in [1.82, 2.24) is 4.98 Å². The molecular formula is C17H13N3O5S2. The van der Waals surface area contributed by atoms with Crippen LogP contribution in [0.15, 0.2) is 40.7 Å². The van der Waals surface area contributed by atoms with Gasteiger partial charge in [0, 0.05) is 17.8 Å². The van der Waals surface area contributed by atoms with E-state index in [0.29, 0.717) is 5.69 Å². The number of nitro groups is 1. The van der Waals surface area contributed by atoms with Crippen LogP contribution in [0, 0.1) is 10.1 Å². The zero-order valence-electron chi connectivity index (χ0n) is 14.0. The van der Waals surface area contributed by atoms with E-state index in [9.17, 15) is 24.8 Å². The molecule has 2 aromatic carbocycles. The number of anilines is 1. The fourth-order valence-electron chi connectivity index (χ4n) is 2.39. The van der Waals surface area contributed by atoms with Crippen LogP contribution in [-0.2, 0) is 0 Å². The number of benzene rings is 2. The number of nitrogens with zero attached hydrogens (tertiary/aromatic N) is 2. The van der Waals surface area contributed by atoms with E-state index >= 15 is 0 Å². The molecule has 1 amide bonds. The number of nitro benzene ring substituents is 1. The molecule has 138 valence electrons. The summed E-state index contributed by atoms with van der Waals surface area (Å²) in [5.74, 6) is -1.17. The number of carboxylic acid groups (broad SMARTS) is 1. The lowest BCUT2D eigenvalue weighted by Gasteiger charge is -2.08. The number of thiazole rings is 1. The third-order valence-corrected chi connectivity index (χ3v) is 5.63. The van der Waals surface area contributed by atoms with E-state index in [1.54, 1.807) is 30.0 Å². The van der Waals surface area contributed by atoms with Crippen LogP contribution in [0.3, 0.4) is 0 Å². The quantitative estimate of drug-likeness (QED) is 0.358. The van der Waals surface area contributed by atoms with Gasteiger partial charge in [0.05, 0.1) is 26.3 Å². The molecule has 0 fully saturated rings. The molecule has 0 aliphatic carbocycles. The first-order valence-electron chi connectivity index (χ1n) is 7.75. The van der Waals surface area contributed by atoms with Crippen LogP contribution < -0.4 is 5.32 Å². The maximum absolute atomic E-state index is 12.5. The SMILES string of the molecule is CCSc1nc2ccc(NC(=O)c3ccc([N+](=O)[O-])cc3C(=O)O)cc2s1. The average Bonchev–Trinajstić information content (AvgIpc) is 3.03. The Morgan fingerprint density at radius 1 is 1.26 bits per heavy atom. The van der Waals surface area contributed by atoms with E-state index in [0.717, 1.165) is 38.5 Å². The molecular weight excluding hydrogens is 390 g/mol. The number of rotatable bonds is 6. The molecule has 27 heavy (non-hydrogen) atoms. The number of carbonyl (C=O) groups excluding carboxylic acids is 1. The van der Waals surface area contributed by atoms with Gasteiger partial charge in [0.2, 0.25) is 0 Å². The molecule has 3 aromatic rings. The van der Waals surface area contributed by atoms with Crippen molar-refractivity contribution in [2.75, 3.05) is 11.1 Å². The predicted octanol–water partition coefficient (Wildman–Crippen LogP) is 4.27. The summed E-state index contributed by atoms with van der Waals surface area (Å²) in [4.78, 5) is 38.5. The maximum Gasteiger partial charge on any atom is 0.336 e. The highest BCUT2D eigenvalue weighted by Crippen LogP contribution is 2.31. The largest absolute Gasteiger partial charge is 0.478 e. The fourth-order valence-corrected chi connectivity index (χ4v) is 4.39. The Morgan fingerprint density at radius 3 is 2.70 bits per heavy atom. The third kappa shape index (κ3) is 4.07. The molecule has 0 aliphatic heterocycles. The predicted molar refractivity (Wildman–Crippen MR) is 104 cm³/mol. The molecule has 0 bridgehead atoms. The molecule has 0 spiro atoms. The molecule has 2 N–H and O–H groups in total. The summed E-state index contributed by atoms with van der Waals surface area (Å²) >= 11 is 3.13. The second-order valence-corrected chi connectivity index (χ2v) is 7.88. The number of aromatic nitrogens is 1. The van der Waals surface area contributed by atoms with Crippen LogP contribution in [0.5, 0.6) is 0 Å². The van der Waals surface area contributed by atoms with Crippen LogP contribution in [0.2, 0.25) is 0 Å². The van der Waals surface area contributed by atoms with Gasteiger partial charge in [-0.1, -0.05) is 18.7 Å². The van der Waals surface area contributed by atoms with Crippen molar-refractivity contribution in [1.29, 1.82) is 0 Å². The minimum atomic E-state index is -1.41. The summed E-state index contributed by atoms with van der Waals surface area (Å²) in [5.41, 5.74) is 0.326. The van der Waals surface area contributed by atoms with Gasteiger partial charge in [0.15, 0.2) is 4.34 Å². The van der Waals surface area contributed by atoms with E-state index in [-0.39, 0.29) is 5.56 Å². The number of fused-ring (bicyclic) bond motifs is 1. The Kier molecular flexibility index (Phi) is 5.38. The van der Waals surface area contributed by atoms with Gasteiger partial charge in [0.1, 0.15) is 0 Å². The van der Waals surface area contributed by atoms with Gasteiger partial charge in [-0.05, 0) is 30.0 Å². The molecule has 0 unspecified atom stereocenters. The van der Waals surface area contributed by atoms with Crippen molar-refractivity contribution in [2.45, 2.75) is 11.3 Å². The monoisotopic (exact) mass is 403 g/mol. The second kappa shape index (κ2) is 7.72. The Labute approximate surface area is 161 Å². The second-order valence-electron chi connectivity index (χ2n) is 5.34. The van der Waals surface area contributed by atoms with Crippen molar-refractivity contribution in [2.24, 2.45) is 0 Å². The molecule has 1 aromatic heterocycles. The van der Waals surface area contributed by atoms with Crippen molar-refractivity contribution in [3.63, 3.8) is 0 Å². The maximum atomic E-state index is 12.5. The van der Waals surface area contributed by atoms with E-state index < -0.39 is 28.1 Å². The minimum absolute atomic E-state index is 0.153. The standard InChI is InChI=1S/C17H13N3O5S2/c1-2-26-17-19-13-6-3-9(7-14(13)27-17)18-15(21)11-5-4-10(20(24)25)8-12(11)16(22)23/h3-8H,2H2,1H3,(H,18,21)(H,22,23). The van der Waals surface area contributed by atoms with E-state index in [4.69, 9.17) is 0 Å². The number of aromatic carboxylic acids is 1. The molecule has 8 nitrogen and oxygen atoms in total. The molecule has 10 heteroatoms. The minimum Gasteiger partial charge on any atom is -0.478 e. The van der Waals surface area contributed by atoms with Crippen molar-refractivity contribution in [3.05, 3.63) is 57.6 Å². The molecule has 3 rings (SSSR count). The van der Waals surface area contributed by atoms with Gasteiger partial charge in [-0.15, -0.1) is 11.3 Å². The lowest BCUT2D eigenvalue weighted by molar-refractivity contribution is -0.384. The Bertz CT molecular complexity index is 1060. The van der Waals surface area contributed by atoms with E-state index in [2.05, 4.69) is 10.3 Å². The Hall–Kier alpha value is -2.98. The molecule has 0 atom stereocenters. The van der Waals surface area contributed by atoms with Crippen LogP contribution in [0.4, 0.5) is 11.4 Å². The topological polar surface area (TPSA) is 122 Å². The number of carbonyl (C=O) groups is 2. The van der Waals surface area contributed by atoms with Crippen LogP contribution in [0.25, 0.3) is 10.2 Å². The normalized spacial score (nSPS) is 10.7. The third-order valence-electron chi connectivity index (χ3n) is 3.58. The number of nitrogens with one attached hydrogen (secondary N) is 1. The van der Waals surface area contributed by atoms with Crippen molar-refractivity contribution >= 4 is 56.6 Å². The fraction of sp³-hybridized carbons (Fsp3) is 0.118. The van der Waals surface area contributed by atoms with Crippen LogP contribution in [-0.4, -0.2) is 32.6 Å². The lowest BCUT2D eigenvalue weighted by Crippen LogP contribution is -2.16. The van der Waals surface area contributed by atoms with Gasteiger partial charge in [0.25, 0.3) is 11.6 Å². The summed E-state index contributed by atoms with van der Waals surface area (Å²) in [6.45, 7) is 2.03. The number of hydrogen-bond donors (Lipinski definition) is 2. The first-order chi connectivity index (χ1) is 12.9. The molecule has 1 heterocycles. The lowest BCUT2D eigenvalue weighted by atomic mass is 10.1. The van der Waals surface area contributed by atoms with Crippen molar-refractivity contribution in [3.8, 4) is 0 Å². The summed E-state index contributed by atoms with van der Waals surface area (Å²) < 4.78 is 1.82. The molecule has 0 radical (unpaired) electrons. The number of hydrogen-bond acceptors (Lipinski definition) is 7. The summed E-state index contributed by atoms with van der Waals surface area (Å²) in [6, 6.07) is 8.32. The van der Waals surface area contributed by atoms with Crippen molar-refractivity contribution < 1.29 is 19.6 Å².